The molecular weight excluding hydrogens is 380 g/mol. The zero-order valence-corrected chi connectivity index (χ0v) is 17.1. The van der Waals surface area contributed by atoms with Gasteiger partial charge >= 0.3 is 0 Å². The summed E-state index contributed by atoms with van der Waals surface area (Å²) in [5, 5.41) is 6.23. The monoisotopic (exact) mass is 404 g/mol. The fourth-order valence-corrected chi connectivity index (χ4v) is 2.74. The second kappa shape index (κ2) is 9.04. The first kappa shape index (κ1) is 20.8. The van der Waals surface area contributed by atoms with Crippen LogP contribution in [0.15, 0.2) is 54.7 Å². The summed E-state index contributed by atoms with van der Waals surface area (Å²) in [5.41, 5.74) is 9.18. The predicted molar refractivity (Wildman–Crippen MR) is 117 cm³/mol. The van der Waals surface area contributed by atoms with Crippen LogP contribution in [0.2, 0.25) is 0 Å². The fourth-order valence-electron chi connectivity index (χ4n) is 2.74. The van der Waals surface area contributed by atoms with Crippen LogP contribution in [0.4, 0.5) is 23.1 Å². The van der Waals surface area contributed by atoms with Crippen LogP contribution in [0.5, 0.6) is 0 Å². The molecule has 8 heteroatoms. The van der Waals surface area contributed by atoms with Gasteiger partial charge in [0.1, 0.15) is 11.4 Å². The van der Waals surface area contributed by atoms with E-state index in [4.69, 9.17) is 5.73 Å². The zero-order chi connectivity index (χ0) is 21.7. The Morgan fingerprint density at radius 1 is 1.03 bits per heavy atom. The SMILES string of the molecule is Cc1cccc(Nc2nc(Nc3ccc(CC(=O)N(C)C)cc3)ncc2C(N)=O)c1. The van der Waals surface area contributed by atoms with Crippen LogP contribution < -0.4 is 16.4 Å². The van der Waals surface area contributed by atoms with Crippen LogP contribution in [0.1, 0.15) is 21.5 Å². The van der Waals surface area contributed by atoms with Gasteiger partial charge in [-0.3, -0.25) is 9.59 Å². The van der Waals surface area contributed by atoms with Gasteiger partial charge in [0.2, 0.25) is 11.9 Å². The number of aryl methyl sites for hydroxylation is 1. The van der Waals surface area contributed by atoms with Crippen LogP contribution in [-0.4, -0.2) is 40.8 Å². The van der Waals surface area contributed by atoms with Gasteiger partial charge in [-0.15, -0.1) is 0 Å². The summed E-state index contributed by atoms with van der Waals surface area (Å²) in [6.07, 6.45) is 1.72. The first-order chi connectivity index (χ1) is 14.3. The number of hydrogen-bond acceptors (Lipinski definition) is 6. The molecule has 3 aromatic rings. The van der Waals surface area contributed by atoms with E-state index in [0.717, 1.165) is 22.5 Å². The Morgan fingerprint density at radius 2 is 1.77 bits per heavy atom. The third kappa shape index (κ3) is 5.32. The van der Waals surface area contributed by atoms with Crippen molar-refractivity contribution < 1.29 is 9.59 Å². The Labute approximate surface area is 175 Å². The quantitative estimate of drug-likeness (QED) is 0.558. The van der Waals surface area contributed by atoms with Crippen molar-refractivity contribution in [3.63, 3.8) is 0 Å². The molecule has 0 unspecified atom stereocenters. The van der Waals surface area contributed by atoms with Crippen LogP contribution in [0.25, 0.3) is 0 Å². The van der Waals surface area contributed by atoms with Gasteiger partial charge in [0.05, 0.1) is 6.42 Å². The number of carbonyl (C=O) groups is 2. The minimum Gasteiger partial charge on any atom is -0.365 e. The molecule has 0 aliphatic rings. The number of carbonyl (C=O) groups excluding carboxylic acids is 2. The van der Waals surface area contributed by atoms with Crippen molar-refractivity contribution in [3.8, 4) is 0 Å². The average Bonchev–Trinajstić information content (AvgIpc) is 2.69. The van der Waals surface area contributed by atoms with Crippen molar-refractivity contribution in [3.05, 3.63) is 71.4 Å². The maximum atomic E-state index is 11.8. The average molecular weight is 404 g/mol. The molecule has 0 atom stereocenters. The Kier molecular flexibility index (Phi) is 6.26. The number of likely N-dealkylation sites (N-methyl/N-ethyl adjacent to an activating group) is 1. The van der Waals surface area contributed by atoms with E-state index in [2.05, 4.69) is 20.6 Å². The lowest BCUT2D eigenvalue weighted by atomic mass is 10.1. The summed E-state index contributed by atoms with van der Waals surface area (Å²) in [5.74, 6) is 0.0469. The van der Waals surface area contributed by atoms with Gasteiger partial charge in [-0.25, -0.2) is 4.98 Å². The molecule has 2 amide bonds. The van der Waals surface area contributed by atoms with E-state index in [1.165, 1.54) is 6.20 Å². The van der Waals surface area contributed by atoms with Crippen molar-refractivity contribution in [1.29, 1.82) is 0 Å². The number of amides is 2. The van der Waals surface area contributed by atoms with Crippen molar-refractivity contribution in [1.82, 2.24) is 14.9 Å². The molecule has 1 heterocycles. The number of primary amides is 1. The summed E-state index contributed by atoms with van der Waals surface area (Å²) < 4.78 is 0. The molecule has 0 aliphatic carbocycles. The minimum absolute atomic E-state index is 0.0351. The molecule has 3 rings (SSSR count). The number of rotatable bonds is 7. The van der Waals surface area contributed by atoms with Gasteiger partial charge in [-0.2, -0.15) is 4.98 Å². The van der Waals surface area contributed by atoms with Crippen LogP contribution in [0.3, 0.4) is 0 Å². The number of nitrogens with one attached hydrogen (secondary N) is 2. The molecule has 30 heavy (non-hydrogen) atoms. The van der Waals surface area contributed by atoms with Crippen molar-refractivity contribution in [2.24, 2.45) is 5.73 Å². The molecule has 0 saturated heterocycles. The van der Waals surface area contributed by atoms with E-state index >= 15 is 0 Å². The number of aromatic nitrogens is 2. The lowest BCUT2D eigenvalue weighted by Crippen LogP contribution is -2.23. The highest BCUT2D eigenvalue weighted by Gasteiger charge is 2.13. The summed E-state index contributed by atoms with van der Waals surface area (Å²) in [6, 6.07) is 15.1. The minimum atomic E-state index is -0.619. The molecular formula is C22H24N6O2. The summed E-state index contributed by atoms with van der Waals surface area (Å²) in [4.78, 5) is 33.8. The van der Waals surface area contributed by atoms with Crippen molar-refractivity contribution in [2.45, 2.75) is 13.3 Å². The van der Waals surface area contributed by atoms with Gasteiger partial charge in [-0.1, -0.05) is 24.3 Å². The largest absolute Gasteiger partial charge is 0.365 e. The molecule has 0 fully saturated rings. The lowest BCUT2D eigenvalue weighted by molar-refractivity contribution is -0.127. The Hall–Kier alpha value is -3.94. The standard InChI is InChI=1S/C22H24N6O2/c1-14-5-4-6-17(11-14)25-21-18(20(23)30)13-24-22(27-21)26-16-9-7-15(8-10-16)12-19(29)28(2)3/h4-11,13H,12H2,1-3H3,(H2,23,30)(H2,24,25,26,27). The second-order valence-corrected chi connectivity index (χ2v) is 7.10. The molecule has 0 saturated carbocycles. The first-order valence-electron chi connectivity index (χ1n) is 9.38. The normalized spacial score (nSPS) is 10.4. The highest BCUT2D eigenvalue weighted by atomic mass is 16.2. The highest BCUT2D eigenvalue weighted by Crippen LogP contribution is 2.22. The molecule has 1 aromatic heterocycles. The maximum absolute atomic E-state index is 11.8. The van der Waals surface area contributed by atoms with Gasteiger partial charge < -0.3 is 21.3 Å². The Bertz CT molecular complexity index is 1060. The van der Waals surface area contributed by atoms with Crippen LogP contribution in [-0.2, 0) is 11.2 Å². The van der Waals surface area contributed by atoms with E-state index in [9.17, 15) is 9.59 Å². The topological polar surface area (TPSA) is 113 Å². The molecule has 4 N–H and O–H groups in total. The number of hydrogen-bond donors (Lipinski definition) is 3. The van der Waals surface area contributed by atoms with Gasteiger partial charge in [-0.05, 0) is 42.3 Å². The molecule has 0 radical (unpaired) electrons. The zero-order valence-electron chi connectivity index (χ0n) is 17.1. The van der Waals surface area contributed by atoms with E-state index in [0.29, 0.717) is 18.2 Å². The third-order valence-corrected chi connectivity index (χ3v) is 4.40. The number of benzene rings is 2. The number of nitrogens with zero attached hydrogens (tertiary/aromatic N) is 3. The highest BCUT2D eigenvalue weighted by molar-refractivity contribution is 5.98. The first-order valence-corrected chi connectivity index (χ1v) is 9.38. The lowest BCUT2D eigenvalue weighted by Gasteiger charge is -2.12. The van der Waals surface area contributed by atoms with Crippen molar-refractivity contribution in [2.75, 3.05) is 24.7 Å². The Morgan fingerprint density at radius 3 is 2.40 bits per heavy atom. The van der Waals surface area contributed by atoms with Gasteiger partial charge in [0.15, 0.2) is 0 Å². The fraction of sp³-hybridized carbons (Fsp3) is 0.182. The maximum Gasteiger partial charge on any atom is 0.254 e. The van der Waals surface area contributed by atoms with Crippen LogP contribution >= 0.6 is 0 Å². The third-order valence-electron chi connectivity index (χ3n) is 4.40. The molecule has 0 bridgehead atoms. The van der Waals surface area contributed by atoms with E-state index < -0.39 is 5.91 Å². The second-order valence-electron chi connectivity index (χ2n) is 7.10. The summed E-state index contributed by atoms with van der Waals surface area (Å²) >= 11 is 0. The van der Waals surface area contributed by atoms with E-state index in [1.807, 2.05) is 55.5 Å². The van der Waals surface area contributed by atoms with E-state index in [-0.39, 0.29) is 11.5 Å². The molecule has 0 spiro atoms. The number of anilines is 4. The van der Waals surface area contributed by atoms with Gasteiger partial charge in [0.25, 0.3) is 5.91 Å². The molecule has 0 aliphatic heterocycles. The van der Waals surface area contributed by atoms with Crippen molar-refractivity contribution >= 4 is 35.0 Å². The van der Waals surface area contributed by atoms with Gasteiger partial charge in [0, 0.05) is 31.7 Å². The summed E-state index contributed by atoms with van der Waals surface area (Å²) in [7, 11) is 3.46. The van der Waals surface area contributed by atoms with E-state index in [1.54, 1.807) is 19.0 Å². The molecule has 154 valence electrons. The molecule has 8 nitrogen and oxygen atoms in total. The smallest absolute Gasteiger partial charge is 0.254 e. The van der Waals surface area contributed by atoms with Crippen LogP contribution in [0, 0.1) is 6.92 Å². The Balaban J connectivity index is 1.79. The summed E-state index contributed by atoms with van der Waals surface area (Å²) in [6.45, 7) is 1.98. The number of nitrogens with two attached hydrogens (primary N) is 1. The molecule has 2 aromatic carbocycles. The predicted octanol–water partition coefficient (Wildman–Crippen LogP) is 3.00.